The molecule has 0 spiro atoms. The summed E-state index contributed by atoms with van der Waals surface area (Å²) in [5.74, 6) is 0. The number of hydrogen-bond donors (Lipinski definition) is 4. The first kappa shape index (κ1) is 20.5. The van der Waals surface area contributed by atoms with Crippen molar-refractivity contribution in [3.63, 3.8) is 0 Å². The predicted molar refractivity (Wildman–Crippen MR) is 88.1 cm³/mol. The maximum absolute atomic E-state index is 11.2. The van der Waals surface area contributed by atoms with Gasteiger partial charge in [-0.2, -0.15) is 0 Å². The molecule has 0 saturated carbocycles. The monoisotopic (exact) mass is 424 g/mol. The zero-order valence-corrected chi connectivity index (χ0v) is 15.8. The van der Waals surface area contributed by atoms with Crippen LogP contribution < -0.4 is 0 Å². The number of hydrogen-bond acceptors (Lipinski definition) is 8. The third-order valence-electron chi connectivity index (χ3n) is 3.94. The molecular formula is C12H18N4O9P2. The Morgan fingerprint density at radius 2 is 1.96 bits per heavy atom. The maximum Gasteiger partial charge on any atom is 0.469 e. The van der Waals surface area contributed by atoms with Gasteiger partial charge in [-0.15, -0.1) is 0 Å². The van der Waals surface area contributed by atoms with Crippen LogP contribution in [-0.2, 0) is 29.3 Å². The van der Waals surface area contributed by atoms with Crippen LogP contribution in [0.4, 0.5) is 0 Å². The second-order valence-corrected chi connectivity index (χ2v) is 8.21. The number of phosphoric ester groups is 2. The van der Waals surface area contributed by atoms with Gasteiger partial charge < -0.3 is 24.3 Å². The van der Waals surface area contributed by atoms with E-state index in [0.717, 1.165) is 5.69 Å². The van der Waals surface area contributed by atoms with Crippen molar-refractivity contribution >= 4 is 26.8 Å². The summed E-state index contributed by atoms with van der Waals surface area (Å²) < 4.78 is 38.5. The molecule has 0 amide bonds. The van der Waals surface area contributed by atoms with Crippen LogP contribution in [0.25, 0.3) is 11.2 Å². The summed E-state index contributed by atoms with van der Waals surface area (Å²) in [5.41, 5.74) is 1.74. The van der Waals surface area contributed by atoms with Crippen LogP contribution in [0.2, 0.25) is 0 Å². The topological polar surface area (TPSA) is 186 Å². The summed E-state index contributed by atoms with van der Waals surface area (Å²) in [6.07, 6.45) is 0.363. The molecule has 27 heavy (non-hydrogen) atoms. The van der Waals surface area contributed by atoms with E-state index in [-0.39, 0.29) is 6.42 Å². The molecule has 4 N–H and O–H groups in total. The van der Waals surface area contributed by atoms with Crippen molar-refractivity contribution in [2.45, 2.75) is 38.2 Å². The van der Waals surface area contributed by atoms with Crippen LogP contribution in [0.15, 0.2) is 12.7 Å². The highest BCUT2D eigenvalue weighted by atomic mass is 31.2. The Morgan fingerprint density at radius 1 is 1.22 bits per heavy atom. The second kappa shape index (κ2) is 7.63. The Labute approximate surface area is 152 Å². The number of ether oxygens (including phenoxy) is 1. The van der Waals surface area contributed by atoms with Gasteiger partial charge >= 0.3 is 15.6 Å². The molecule has 1 fully saturated rings. The van der Waals surface area contributed by atoms with Gasteiger partial charge in [0.15, 0.2) is 5.65 Å². The number of fused-ring (bicyclic) bond motifs is 1. The number of nitrogens with zero attached hydrogens (tertiary/aromatic N) is 4. The summed E-state index contributed by atoms with van der Waals surface area (Å²) in [5, 5.41) is 0. The third kappa shape index (κ3) is 4.96. The van der Waals surface area contributed by atoms with Gasteiger partial charge in [0.25, 0.3) is 0 Å². The summed E-state index contributed by atoms with van der Waals surface area (Å²) >= 11 is 0. The highest BCUT2D eigenvalue weighted by molar-refractivity contribution is 7.46. The quantitative estimate of drug-likeness (QED) is 0.445. The minimum absolute atomic E-state index is 0.0167. The molecule has 2 aromatic rings. The average Bonchev–Trinajstić information content (AvgIpc) is 3.14. The smallest absolute Gasteiger partial charge is 0.349 e. The first-order chi connectivity index (χ1) is 12.6. The molecule has 13 nitrogen and oxygen atoms in total. The van der Waals surface area contributed by atoms with E-state index in [1.165, 1.54) is 12.7 Å². The van der Waals surface area contributed by atoms with E-state index in [9.17, 15) is 9.13 Å². The first-order valence-electron chi connectivity index (χ1n) is 7.83. The maximum atomic E-state index is 11.2. The lowest BCUT2D eigenvalue weighted by Gasteiger charge is -2.19. The molecule has 1 aliphatic heterocycles. The molecule has 15 heteroatoms. The van der Waals surface area contributed by atoms with Crippen LogP contribution in [-0.4, -0.2) is 57.9 Å². The molecule has 0 aromatic carbocycles. The molecule has 3 heterocycles. The van der Waals surface area contributed by atoms with Gasteiger partial charge in [-0.25, -0.2) is 24.1 Å². The third-order valence-corrected chi connectivity index (χ3v) is 4.97. The SMILES string of the molecule is CCc1ncnc2c1ncn2[C@H]1C[C@H](OP(=O)(O)O)[C@@H](COP(=O)(O)O)O1. The number of imidazole rings is 1. The number of aryl methyl sites for hydroxylation is 1. The van der Waals surface area contributed by atoms with E-state index in [0.29, 0.717) is 17.6 Å². The lowest BCUT2D eigenvalue weighted by atomic mass is 10.2. The molecule has 3 atom stereocenters. The molecule has 3 rings (SSSR count). The van der Waals surface area contributed by atoms with Crippen LogP contribution in [0.3, 0.4) is 0 Å². The largest absolute Gasteiger partial charge is 0.469 e. The van der Waals surface area contributed by atoms with Crippen molar-refractivity contribution in [3.05, 3.63) is 18.3 Å². The fraction of sp³-hybridized carbons (Fsp3) is 0.583. The van der Waals surface area contributed by atoms with Gasteiger partial charge in [-0.1, -0.05) is 6.92 Å². The Kier molecular flexibility index (Phi) is 5.78. The van der Waals surface area contributed by atoms with Gasteiger partial charge in [0, 0.05) is 6.42 Å². The van der Waals surface area contributed by atoms with Crippen LogP contribution in [0.5, 0.6) is 0 Å². The average molecular weight is 424 g/mol. The number of rotatable bonds is 7. The van der Waals surface area contributed by atoms with Gasteiger partial charge in [-0.3, -0.25) is 13.6 Å². The van der Waals surface area contributed by atoms with E-state index in [4.69, 9.17) is 28.8 Å². The van der Waals surface area contributed by atoms with Crippen molar-refractivity contribution < 1.29 is 42.5 Å². The summed E-state index contributed by atoms with van der Waals surface area (Å²) in [6, 6.07) is 0. The first-order valence-corrected chi connectivity index (χ1v) is 10.9. The van der Waals surface area contributed by atoms with E-state index in [2.05, 4.69) is 19.5 Å². The molecule has 0 radical (unpaired) electrons. The van der Waals surface area contributed by atoms with Crippen molar-refractivity contribution in [3.8, 4) is 0 Å². The van der Waals surface area contributed by atoms with Crippen LogP contribution >= 0.6 is 15.6 Å². The van der Waals surface area contributed by atoms with Crippen molar-refractivity contribution in [2.24, 2.45) is 0 Å². The zero-order valence-electron chi connectivity index (χ0n) is 14.0. The van der Waals surface area contributed by atoms with E-state index in [1.807, 2.05) is 6.92 Å². The molecule has 2 aromatic heterocycles. The molecule has 0 bridgehead atoms. The van der Waals surface area contributed by atoms with E-state index in [1.54, 1.807) is 4.57 Å². The number of phosphoric acid groups is 2. The van der Waals surface area contributed by atoms with Gasteiger partial charge in [0.05, 0.1) is 18.6 Å². The molecule has 0 unspecified atom stereocenters. The zero-order chi connectivity index (χ0) is 19.8. The van der Waals surface area contributed by atoms with Crippen molar-refractivity contribution in [1.29, 1.82) is 0 Å². The van der Waals surface area contributed by atoms with Crippen molar-refractivity contribution in [2.75, 3.05) is 6.61 Å². The fourth-order valence-electron chi connectivity index (χ4n) is 2.85. The molecular weight excluding hydrogens is 406 g/mol. The molecule has 0 aliphatic carbocycles. The second-order valence-electron chi connectivity index (χ2n) is 5.78. The Bertz CT molecular complexity index is 909. The Hall–Kier alpha value is -1.27. The summed E-state index contributed by atoms with van der Waals surface area (Å²) in [6.45, 7) is 1.29. The lowest BCUT2D eigenvalue weighted by Crippen LogP contribution is -2.28. The fourth-order valence-corrected chi connectivity index (χ4v) is 3.76. The minimum Gasteiger partial charge on any atom is -0.349 e. The van der Waals surface area contributed by atoms with Gasteiger partial charge in [0.1, 0.15) is 30.3 Å². The van der Waals surface area contributed by atoms with E-state index >= 15 is 0 Å². The highest BCUT2D eigenvalue weighted by Crippen LogP contribution is 2.45. The van der Waals surface area contributed by atoms with Crippen LogP contribution in [0.1, 0.15) is 25.3 Å². The normalized spacial score (nSPS) is 24.0. The predicted octanol–water partition coefficient (Wildman–Crippen LogP) is 0.263. The lowest BCUT2D eigenvalue weighted by molar-refractivity contribution is -0.0417. The Balaban J connectivity index is 1.86. The summed E-state index contributed by atoms with van der Waals surface area (Å²) in [4.78, 5) is 48.4. The number of aromatic nitrogens is 4. The van der Waals surface area contributed by atoms with Crippen molar-refractivity contribution in [1.82, 2.24) is 19.5 Å². The minimum atomic E-state index is -4.86. The van der Waals surface area contributed by atoms with Crippen LogP contribution in [0, 0.1) is 0 Å². The Morgan fingerprint density at radius 3 is 2.59 bits per heavy atom. The van der Waals surface area contributed by atoms with E-state index < -0.39 is 40.7 Å². The molecule has 150 valence electrons. The standard InChI is InChI=1S/C12H18N4O9P2/c1-2-7-11-12(14-5-13-7)16(6-15-11)10-3-8(25-27(20,21)22)9(24-10)4-23-26(17,18)19/h5-6,8-10H,2-4H2,1H3,(H2,17,18,19)(H2,20,21,22)/t8-,9+,10+/m0/s1. The highest BCUT2D eigenvalue weighted by Gasteiger charge is 2.42. The summed E-state index contributed by atoms with van der Waals surface area (Å²) in [7, 11) is -9.66. The van der Waals surface area contributed by atoms with Gasteiger partial charge in [-0.05, 0) is 6.42 Å². The van der Waals surface area contributed by atoms with Gasteiger partial charge in [0.2, 0.25) is 0 Å². The molecule has 1 aliphatic rings. The molecule has 1 saturated heterocycles.